The number of methoxy groups -OCH3 is 4. The van der Waals surface area contributed by atoms with Gasteiger partial charge >= 0.3 is 0 Å². The van der Waals surface area contributed by atoms with Crippen molar-refractivity contribution in [2.24, 2.45) is 0 Å². The van der Waals surface area contributed by atoms with E-state index in [1.165, 1.54) is 7.11 Å². The van der Waals surface area contributed by atoms with Crippen LogP contribution in [0, 0.1) is 0 Å². The van der Waals surface area contributed by atoms with Gasteiger partial charge in [0.05, 0.1) is 18.6 Å². The zero-order chi connectivity index (χ0) is 18.2. The fraction of sp³-hybridized carbons (Fsp3) is 0.556. The molecule has 7 heteroatoms. The molecular formula is C18H28N2O5. The predicted molar refractivity (Wildman–Crippen MR) is 93.7 cm³/mol. The van der Waals surface area contributed by atoms with Crippen molar-refractivity contribution in [3.8, 4) is 0 Å². The van der Waals surface area contributed by atoms with Crippen molar-refractivity contribution in [1.82, 2.24) is 9.97 Å². The second kappa shape index (κ2) is 9.74. The molecule has 4 atom stereocenters. The molecule has 7 nitrogen and oxygen atoms in total. The normalized spacial score (nSPS) is 16.7. The fourth-order valence-corrected chi connectivity index (χ4v) is 3.29. The molecule has 0 spiro atoms. The Morgan fingerprint density at radius 2 is 1.36 bits per heavy atom. The highest BCUT2D eigenvalue weighted by Crippen LogP contribution is 2.32. The van der Waals surface area contributed by atoms with E-state index >= 15 is 0 Å². The summed E-state index contributed by atoms with van der Waals surface area (Å²) in [5.41, 5.74) is 1.96. The van der Waals surface area contributed by atoms with E-state index in [0.29, 0.717) is 0 Å². The van der Waals surface area contributed by atoms with E-state index in [1.807, 2.05) is 36.7 Å². The zero-order valence-electron chi connectivity index (χ0n) is 15.1. The van der Waals surface area contributed by atoms with E-state index in [9.17, 15) is 5.11 Å². The van der Waals surface area contributed by atoms with E-state index < -0.39 is 24.4 Å². The maximum absolute atomic E-state index is 10.4. The summed E-state index contributed by atoms with van der Waals surface area (Å²) >= 11 is 0. The van der Waals surface area contributed by atoms with Crippen molar-refractivity contribution >= 4 is 0 Å². The molecule has 140 valence electrons. The third kappa shape index (κ3) is 4.50. The predicted octanol–water partition coefficient (Wildman–Crippen LogP) is 1.53. The summed E-state index contributed by atoms with van der Waals surface area (Å²) in [4.78, 5) is 6.49. The molecule has 0 saturated carbocycles. The van der Waals surface area contributed by atoms with Crippen molar-refractivity contribution in [2.75, 3.05) is 35.0 Å². The van der Waals surface area contributed by atoms with Crippen molar-refractivity contribution in [3.63, 3.8) is 0 Å². The number of ether oxygens (including phenoxy) is 4. The molecule has 2 rings (SSSR count). The van der Waals surface area contributed by atoms with E-state index in [2.05, 4.69) is 9.97 Å². The molecule has 0 amide bonds. The van der Waals surface area contributed by atoms with Crippen LogP contribution in [0.1, 0.15) is 17.3 Å². The Morgan fingerprint density at radius 1 is 0.840 bits per heavy atom. The highest BCUT2D eigenvalue weighted by atomic mass is 16.6. The number of aliphatic hydroxyl groups is 1. The lowest BCUT2D eigenvalue weighted by atomic mass is 9.87. The molecule has 0 radical (unpaired) electrons. The van der Waals surface area contributed by atoms with Crippen LogP contribution in [-0.4, -0.2) is 74.5 Å². The third-order valence-corrected chi connectivity index (χ3v) is 4.42. The van der Waals surface area contributed by atoms with Gasteiger partial charge in [0, 0.05) is 52.2 Å². The maximum Gasteiger partial charge on any atom is 0.114 e. The molecule has 3 N–H and O–H groups in total. The number of aromatic nitrogens is 2. The average molecular weight is 352 g/mol. The molecular weight excluding hydrogens is 324 g/mol. The molecule has 0 aliphatic heterocycles. The Labute approximate surface area is 148 Å². The van der Waals surface area contributed by atoms with Gasteiger partial charge in [-0.3, -0.25) is 0 Å². The van der Waals surface area contributed by atoms with Crippen molar-refractivity contribution in [2.45, 2.75) is 30.3 Å². The van der Waals surface area contributed by atoms with E-state index in [-0.39, 0.29) is 12.5 Å². The summed E-state index contributed by atoms with van der Waals surface area (Å²) in [6.45, 7) is 0.143. The van der Waals surface area contributed by atoms with Gasteiger partial charge in [0.15, 0.2) is 0 Å². The van der Waals surface area contributed by atoms with E-state index in [1.54, 1.807) is 21.3 Å². The third-order valence-electron chi connectivity index (χ3n) is 4.42. The number of nitrogens with one attached hydrogen (secondary N) is 2. The van der Waals surface area contributed by atoms with Gasteiger partial charge in [0.1, 0.15) is 18.3 Å². The first kappa shape index (κ1) is 19.7. The van der Waals surface area contributed by atoms with E-state index in [4.69, 9.17) is 18.9 Å². The first-order valence-electron chi connectivity index (χ1n) is 8.19. The first-order chi connectivity index (χ1) is 12.2. The van der Waals surface area contributed by atoms with Gasteiger partial charge in [-0.15, -0.1) is 0 Å². The smallest absolute Gasteiger partial charge is 0.114 e. The molecule has 0 fully saturated rings. The molecule has 0 unspecified atom stereocenters. The van der Waals surface area contributed by atoms with Crippen LogP contribution in [0.25, 0.3) is 0 Å². The summed E-state index contributed by atoms with van der Waals surface area (Å²) in [6.07, 6.45) is 1.36. The van der Waals surface area contributed by atoms with Crippen LogP contribution in [0.4, 0.5) is 0 Å². The van der Waals surface area contributed by atoms with Crippen LogP contribution < -0.4 is 0 Å². The van der Waals surface area contributed by atoms with Gasteiger partial charge in [-0.2, -0.15) is 0 Å². The van der Waals surface area contributed by atoms with Crippen LogP contribution >= 0.6 is 0 Å². The average Bonchev–Trinajstić information content (AvgIpc) is 3.32. The van der Waals surface area contributed by atoms with Crippen LogP contribution in [0.3, 0.4) is 0 Å². The quantitative estimate of drug-likeness (QED) is 0.571. The molecule has 0 aliphatic carbocycles. The highest BCUT2D eigenvalue weighted by Gasteiger charge is 2.41. The molecule has 2 heterocycles. The Hall–Kier alpha value is -1.64. The first-order valence-corrected chi connectivity index (χ1v) is 8.19. The van der Waals surface area contributed by atoms with Crippen LogP contribution in [0.15, 0.2) is 36.7 Å². The SMILES string of the molecule is COC[C@@H](O)[C@@H](OC)[C@H](OC)[C@@H](OC)C(c1ccc[nH]1)c1ccc[nH]1. The van der Waals surface area contributed by atoms with Gasteiger partial charge in [0.2, 0.25) is 0 Å². The van der Waals surface area contributed by atoms with Gasteiger partial charge in [-0.25, -0.2) is 0 Å². The molecule has 0 aliphatic rings. The Morgan fingerprint density at radius 3 is 1.72 bits per heavy atom. The van der Waals surface area contributed by atoms with Crippen LogP contribution in [0.5, 0.6) is 0 Å². The van der Waals surface area contributed by atoms with Gasteiger partial charge in [-0.1, -0.05) is 0 Å². The van der Waals surface area contributed by atoms with Crippen LogP contribution in [0.2, 0.25) is 0 Å². The summed E-state index contributed by atoms with van der Waals surface area (Å²) in [6, 6.07) is 7.87. The highest BCUT2D eigenvalue weighted by molar-refractivity contribution is 5.26. The lowest BCUT2D eigenvalue weighted by Gasteiger charge is -2.36. The second-order valence-corrected chi connectivity index (χ2v) is 5.85. The monoisotopic (exact) mass is 352 g/mol. The molecule has 25 heavy (non-hydrogen) atoms. The summed E-state index contributed by atoms with van der Waals surface area (Å²) in [5.74, 6) is -0.146. The molecule has 0 aromatic carbocycles. The summed E-state index contributed by atoms with van der Waals surface area (Å²) in [5, 5.41) is 10.4. The Balaban J connectivity index is 2.37. The van der Waals surface area contributed by atoms with Crippen molar-refractivity contribution < 1.29 is 24.1 Å². The fourth-order valence-electron chi connectivity index (χ4n) is 3.29. The lowest BCUT2D eigenvalue weighted by molar-refractivity contribution is -0.154. The van der Waals surface area contributed by atoms with Crippen LogP contribution in [-0.2, 0) is 18.9 Å². The van der Waals surface area contributed by atoms with E-state index in [0.717, 1.165) is 11.4 Å². The number of H-pyrrole nitrogens is 2. The second-order valence-electron chi connectivity index (χ2n) is 5.85. The van der Waals surface area contributed by atoms with Gasteiger partial charge in [0.25, 0.3) is 0 Å². The van der Waals surface area contributed by atoms with Gasteiger partial charge < -0.3 is 34.0 Å². The maximum atomic E-state index is 10.4. The van der Waals surface area contributed by atoms with Crippen molar-refractivity contribution in [1.29, 1.82) is 0 Å². The minimum absolute atomic E-state index is 0.143. The molecule has 0 saturated heterocycles. The standard InChI is InChI=1S/C18H28N2O5/c1-22-11-14(21)16(23-2)18(25-4)17(24-3)15(12-7-5-9-19-12)13-8-6-10-20-13/h5-10,14-21H,11H2,1-4H3/t14-,16-,17+,18+/m1/s1. The molecule has 2 aromatic heterocycles. The Bertz CT molecular complexity index is 538. The number of hydrogen-bond donors (Lipinski definition) is 3. The molecule has 0 bridgehead atoms. The van der Waals surface area contributed by atoms with Crippen molar-refractivity contribution in [3.05, 3.63) is 48.0 Å². The minimum atomic E-state index is -0.842. The number of hydrogen-bond acceptors (Lipinski definition) is 5. The minimum Gasteiger partial charge on any atom is -0.388 e. The topological polar surface area (TPSA) is 88.7 Å². The number of aliphatic hydroxyl groups excluding tert-OH is 1. The molecule has 2 aromatic rings. The summed E-state index contributed by atoms with van der Waals surface area (Å²) in [7, 11) is 6.29. The zero-order valence-corrected chi connectivity index (χ0v) is 15.1. The van der Waals surface area contributed by atoms with Gasteiger partial charge in [-0.05, 0) is 24.3 Å². The number of aromatic amines is 2. The largest absolute Gasteiger partial charge is 0.388 e. The number of rotatable bonds is 11. The summed E-state index contributed by atoms with van der Waals surface area (Å²) < 4.78 is 22.1. The lowest BCUT2D eigenvalue weighted by Crippen LogP contribution is -2.51. The Kier molecular flexibility index (Phi) is 7.67.